The molecule has 0 spiro atoms. The zero-order chi connectivity index (χ0) is 18.1. The number of amidine groups is 1. The van der Waals surface area contributed by atoms with E-state index in [0.29, 0.717) is 18.4 Å². The second kappa shape index (κ2) is 7.19. The van der Waals surface area contributed by atoms with Crippen molar-refractivity contribution < 1.29 is 9.84 Å². The van der Waals surface area contributed by atoms with Crippen molar-refractivity contribution in [2.45, 2.75) is 38.4 Å². The predicted molar refractivity (Wildman–Crippen MR) is 105 cm³/mol. The number of hydrogen-bond donors (Lipinski definition) is 1. The maximum atomic E-state index is 10.1. The van der Waals surface area contributed by atoms with Crippen LogP contribution in [0.25, 0.3) is 0 Å². The molecule has 0 saturated carbocycles. The van der Waals surface area contributed by atoms with Crippen molar-refractivity contribution in [1.82, 2.24) is 9.88 Å². The van der Waals surface area contributed by atoms with E-state index in [9.17, 15) is 5.11 Å². The number of thioether (sulfide) groups is 1. The Morgan fingerprint density at radius 3 is 2.88 bits per heavy atom. The second-order valence-electron chi connectivity index (χ2n) is 6.50. The Bertz CT molecular complexity index is 812. The number of nitrogens with zero attached hydrogens (tertiary/aromatic N) is 3. The molecule has 4 rings (SSSR count). The van der Waals surface area contributed by atoms with Gasteiger partial charge in [-0.15, -0.1) is 0 Å². The summed E-state index contributed by atoms with van der Waals surface area (Å²) in [7, 11) is 0. The summed E-state index contributed by atoms with van der Waals surface area (Å²) in [6, 6.07) is 12.1. The Morgan fingerprint density at radius 1 is 1.27 bits per heavy atom. The van der Waals surface area contributed by atoms with Gasteiger partial charge in [0.05, 0.1) is 18.3 Å². The van der Waals surface area contributed by atoms with Crippen LogP contribution < -0.4 is 4.74 Å². The maximum Gasteiger partial charge on any atom is 0.161 e. The van der Waals surface area contributed by atoms with Crippen LogP contribution in [0.5, 0.6) is 11.5 Å². The molecule has 3 unspecified atom stereocenters. The van der Waals surface area contributed by atoms with Gasteiger partial charge in [-0.3, -0.25) is 9.98 Å². The van der Waals surface area contributed by atoms with Gasteiger partial charge in [-0.25, -0.2) is 0 Å². The van der Waals surface area contributed by atoms with Gasteiger partial charge in [-0.05, 0) is 43.2 Å². The first-order chi connectivity index (χ1) is 12.7. The van der Waals surface area contributed by atoms with Crippen molar-refractivity contribution in [2.75, 3.05) is 12.4 Å². The molecule has 1 N–H and O–H groups in total. The molecule has 1 fully saturated rings. The fraction of sp³-hybridized carbons (Fsp3) is 0.400. The van der Waals surface area contributed by atoms with Crippen LogP contribution in [-0.2, 0) is 0 Å². The standard InChI is InChI=1S/C20H23N3O2S/c1-3-14-12-26-20-22-18(15-7-5-6-10-21-15)19(23(14)20)13-8-9-16(24)17(11-13)25-4-2/h5-11,14,18-19,24H,3-4,12H2,1-2H3. The highest BCUT2D eigenvalue weighted by Gasteiger charge is 2.45. The van der Waals surface area contributed by atoms with Gasteiger partial charge in [0.1, 0.15) is 6.04 Å². The molecule has 26 heavy (non-hydrogen) atoms. The monoisotopic (exact) mass is 369 g/mol. The number of aromatic hydroxyl groups is 1. The molecule has 2 aliphatic rings. The van der Waals surface area contributed by atoms with Crippen molar-refractivity contribution in [3.8, 4) is 11.5 Å². The van der Waals surface area contributed by atoms with Crippen LogP contribution in [0.15, 0.2) is 47.6 Å². The van der Waals surface area contributed by atoms with Crippen LogP contribution in [0.4, 0.5) is 0 Å². The third kappa shape index (κ3) is 2.92. The van der Waals surface area contributed by atoms with Crippen molar-refractivity contribution in [1.29, 1.82) is 0 Å². The summed E-state index contributed by atoms with van der Waals surface area (Å²) >= 11 is 1.83. The van der Waals surface area contributed by atoms with Gasteiger partial charge in [0.2, 0.25) is 0 Å². The summed E-state index contributed by atoms with van der Waals surface area (Å²) in [5.41, 5.74) is 2.07. The Balaban J connectivity index is 1.78. The number of phenols is 1. The number of hydrogen-bond acceptors (Lipinski definition) is 6. The number of aromatic nitrogens is 1. The topological polar surface area (TPSA) is 58.0 Å². The van der Waals surface area contributed by atoms with Crippen LogP contribution >= 0.6 is 11.8 Å². The van der Waals surface area contributed by atoms with Gasteiger partial charge >= 0.3 is 0 Å². The van der Waals surface area contributed by atoms with E-state index in [1.165, 1.54) is 0 Å². The summed E-state index contributed by atoms with van der Waals surface area (Å²) in [6.07, 6.45) is 2.90. The third-order valence-electron chi connectivity index (χ3n) is 4.95. The van der Waals surface area contributed by atoms with E-state index in [-0.39, 0.29) is 17.8 Å². The van der Waals surface area contributed by atoms with Crippen LogP contribution in [0.3, 0.4) is 0 Å². The van der Waals surface area contributed by atoms with Gasteiger partial charge < -0.3 is 14.7 Å². The molecule has 0 bridgehead atoms. The Hall–Kier alpha value is -2.21. The lowest BCUT2D eigenvalue weighted by atomic mass is 9.95. The van der Waals surface area contributed by atoms with E-state index in [2.05, 4.69) is 16.8 Å². The number of pyridine rings is 1. The van der Waals surface area contributed by atoms with Crippen molar-refractivity contribution >= 4 is 16.9 Å². The molecular formula is C20H23N3O2S. The average molecular weight is 369 g/mol. The maximum absolute atomic E-state index is 10.1. The second-order valence-corrected chi connectivity index (χ2v) is 7.48. The van der Waals surface area contributed by atoms with Gasteiger partial charge in [0.15, 0.2) is 16.7 Å². The smallest absolute Gasteiger partial charge is 0.161 e. The third-order valence-corrected chi connectivity index (χ3v) is 6.08. The molecule has 1 aromatic carbocycles. The predicted octanol–water partition coefficient (Wildman–Crippen LogP) is 4.17. The van der Waals surface area contributed by atoms with Gasteiger partial charge in [-0.2, -0.15) is 0 Å². The van der Waals surface area contributed by atoms with E-state index in [1.807, 2.05) is 55.2 Å². The number of phenolic OH excluding ortho intramolecular Hbond substituents is 1. The molecule has 1 saturated heterocycles. The molecule has 0 radical (unpaired) electrons. The molecule has 1 aromatic heterocycles. The lowest BCUT2D eigenvalue weighted by Crippen LogP contribution is -2.35. The molecule has 0 amide bonds. The van der Waals surface area contributed by atoms with Crippen molar-refractivity contribution in [3.05, 3.63) is 53.9 Å². The highest BCUT2D eigenvalue weighted by molar-refractivity contribution is 8.14. The first-order valence-corrected chi connectivity index (χ1v) is 10.1. The first-order valence-electron chi connectivity index (χ1n) is 9.08. The summed E-state index contributed by atoms with van der Waals surface area (Å²) in [4.78, 5) is 12.0. The molecule has 6 heteroatoms. The Labute approximate surface area is 158 Å². The minimum Gasteiger partial charge on any atom is -0.504 e. The van der Waals surface area contributed by atoms with Gasteiger partial charge in [0, 0.05) is 18.0 Å². The van der Waals surface area contributed by atoms with E-state index in [4.69, 9.17) is 9.73 Å². The first kappa shape index (κ1) is 17.2. The van der Waals surface area contributed by atoms with E-state index >= 15 is 0 Å². The van der Waals surface area contributed by atoms with Crippen LogP contribution in [-0.4, -0.2) is 38.6 Å². The summed E-state index contributed by atoms with van der Waals surface area (Å²) in [6.45, 7) is 4.66. The minimum absolute atomic E-state index is 0.0490. The fourth-order valence-corrected chi connectivity index (χ4v) is 5.03. The van der Waals surface area contributed by atoms with Gasteiger partial charge in [-0.1, -0.05) is 30.8 Å². The molecule has 2 aromatic rings. The number of ether oxygens (including phenoxy) is 1. The largest absolute Gasteiger partial charge is 0.504 e. The minimum atomic E-state index is -0.0490. The van der Waals surface area contributed by atoms with Crippen LogP contribution in [0, 0.1) is 0 Å². The average Bonchev–Trinajstić information content (AvgIpc) is 3.23. The van der Waals surface area contributed by atoms with Crippen LogP contribution in [0.2, 0.25) is 0 Å². The summed E-state index contributed by atoms with van der Waals surface area (Å²) in [5, 5.41) is 11.2. The SMILES string of the molecule is CCOc1cc(C2C(c3ccccn3)N=C3SCC(CC)N32)ccc1O. The summed E-state index contributed by atoms with van der Waals surface area (Å²) < 4.78 is 5.62. The van der Waals surface area contributed by atoms with E-state index in [0.717, 1.165) is 28.6 Å². The lowest BCUT2D eigenvalue weighted by molar-refractivity contribution is 0.253. The fourth-order valence-electron chi connectivity index (χ4n) is 3.70. The normalized spacial score (nSPS) is 24.5. The van der Waals surface area contributed by atoms with Crippen molar-refractivity contribution in [3.63, 3.8) is 0 Å². The number of rotatable bonds is 5. The van der Waals surface area contributed by atoms with Gasteiger partial charge in [0.25, 0.3) is 0 Å². The molecule has 2 aliphatic heterocycles. The molecular weight excluding hydrogens is 346 g/mol. The number of fused-ring (bicyclic) bond motifs is 1. The Kier molecular flexibility index (Phi) is 4.76. The highest BCUT2D eigenvalue weighted by atomic mass is 32.2. The zero-order valence-electron chi connectivity index (χ0n) is 15.0. The van der Waals surface area contributed by atoms with Crippen molar-refractivity contribution in [2.24, 2.45) is 4.99 Å². The quantitative estimate of drug-likeness (QED) is 0.857. The molecule has 3 atom stereocenters. The van der Waals surface area contributed by atoms with E-state index < -0.39 is 0 Å². The molecule has 0 aliphatic carbocycles. The molecule has 3 heterocycles. The lowest BCUT2D eigenvalue weighted by Gasteiger charge is -2.32. The highest BCUT2D eigenvalue weighted by Crippen LogP contribution is 2.49. The number of aliphatic imine (C=N–C) groups is 1. The van der Waals surface area contributed by atoms with Crippen LogP contribution in [0.1, 0.15) is 43.6 Å². The molecule has 136 valence electrons. The number of benzene rings is 1. The molecule has 5 nitrogen and oxygen atoms in total. The Morgan fingerprint density at radius 2 is 2.15 bits per heavy atom. The van der Waals surface area contributed by atoms with E-state index in [1.54, 1.807) is 6.07 Å². The zero-order valence-corrected chi connectivity index (χ0v) is 15.8. The summed E-state index contributed by atoms with van der Waals surface area (Å²) in [5.74, 6) is 1.77.